The van der Waals surface area contributed by atoms with Crippen LogP contribution < -0.4 is 19.5 Å². The summed E-state index contributed by atoms with van der Waals surface area (Å²) in [7, 11) is 1.43. The van der Waals surface area contributed by atoms with E-state index < -0.39 is 18.0 Å². The molecule has 0 aliphatic carbocycles. The largest absolute Gasteiger partial charge is 0.504 e. The van der Waals surface area contributed by atoms with Crippen molar-refractivity contribution >= 4 is 23.6 Å². The van der Waals surface area contributed by atoms with E-state index in [0.29, 0.717) is 22.7 Å². The van der Waals surface area contributed by atoms with Crippen molar-refractivity contribution in [2.75, 3.05) is 19.2 Å². The van der Waals surface area contributed by atoms with Gasteiger partial charge in [0, 0.05) is 17.8 Å². The molecular weight excluding hydrogens is 366 g/mol. The predicted molar refractivity (Wildman–Crippen MR) is 100 cm³/mol. The Hall–Kier alpha value is -3.68. The first-order valence-corrected chi connectivity index (χ1v) is 8.42. The molecule has 0 spiro atoms. The Morgan fingerprint density at radius 1 is 1.18 bits per heavy atom. The van der Waals surface area contributed by atoms with Gasteiger partial charge < -0.3 is 29.4 Å². The number of phenolic OH excluding ortho intramolecular Hbond substituents is 1. The van der Waals surface area contributed by atoms with Crippen molar-refractivity contribution in [3.05, 3.63) is 48.0 Å². The molecule has 1 amide bonds. The number of benzene rings is 2. The maximum Gasteiger partial charge on any atom is 0.331 e. The lowest BCUT2D eigenvalue weighted by molar-refractivity contribution is -0.148. The van der Waals surface area contributed by atoms with E-state index in [2.05, 4.69) is 5.32 Å². The number of methoxy groups -OCH3 is 1. The molecule has 2 aromatic rings. The Balaban J connectivity index is 1.55. The number of anilines is 1. The van der Waals surface area contributed by atoms with Gasteiger partial charge in [-0.15, -0.1) is 0 Å². The minimum atomic E-state index is -1.00. The number of nitrogens with one attached hydrogen (secondary N) is 1. The zero-order valence-electron chi connectivity index (χ0n) is 15.3. The first-order valence-electron chi connectivity index (χ1n) is 8.42. The lowest BCUT2D eigenvalue weighted by Crippen LogP contribution is -2.29. The SMILES string of the molecule is COc1cc(/C=C/C(=O)O[C@H](C)C(=O)Nc2ccc3c(c2)OCO3)ccc1O. The molecule has 1 heterocycles. The number of fused-ring (bicyclic) bond motifs is 1. The number of hydrogen-bond donors (Lipinski definition) is 2. The van der Waals surface area contributed by atoms with Crippen LogP contribution in [-0.2, 0) is 14.3 Å². The van der Waals surface area contributed by atoms with Crippen LogP contribution >= 0.6 is 0 Å². The van der Waals surface area contributed by atoms with E-state index in [9.17, 15) is 14.7 Å². The zero-order valence-corrected chi connectivity index (χ0v) is 15.3. The fourth-order valence-corrected chi connectivity index (χ4v) is 2.45. The second-order valence-electron chi connectivity index (χ2n) is 5.90. The Morgan fingerprint density at radius 3 is 2.75 bits per heavy atom. The molecule has 8 nitrogen and oxygen atoms in total. The Morgan fingerprint density at radius 2 is 1.96 bits per heavy atom. The van der Waals surface area contributed by atoms with Gasteiger partial charge >= 0.3 is 5.97 Å². The van der Waals surface area contributed by atoms with Gasteiger partial charge in [-0.05, 0) is 42.8 Å². The number of amides is 1. The van der Waals surface area contributed by atoms with Gasteiger partial charge in [0.1, 0.15) is 0 Å². The minimum Gasteiger partial charge on any atom is -0.504 e. The molecular formula is C20H19NO7. The molecule has 0 radical (unpaired) electrons. The quantitative estimate of drug-likeness (QED) is 0.582. The summed E-state index contributed by atoms with van der Waals surface area (Å²) in [5.74, 6) is 0.263. The summed E-state index contributed by atoms with van der Waals surface area (Å²) in [5, 5.41) is 12.2. The molecule has 2 N–H and O–H groups in total. The third-order valence-electron chi connectivity index (χ3n) is 3.92. The average molecular weight is 385 g/mol. The molecule has 3 rings (SSSR count). The van der Waals surface area contributed by atoms with E-state index in [4.69, 9.17) is 18.9 Å². The van der Waals surface area contributed by atoms with Crippen molar-refractivity contribution in [2.24, 2.45) is 0 Å². The molecule has 0 saturated heterocycles. The first kappa shape index (κ1) is 19.1. The molecule has 0 saturated carbocycles. The van der Waals surface area contributed by atoms with Crippen molar-refractivity contribution in [2.45, 2.75) is 13.0 Å². The summed E-state index contributed by atoms with van der Waals surface area (Å²) < 4.78 is 20.6. The Labute approximate surface area is 161 Å². The second kappa shape index (κ2) is 8.34. The van der Waals surface area contributed by atoms with E-state index in [-0.39, 0.29) is 18.3 Å². The van der Waals surface area contributed by atoms with Crippen LogP contribution in [0.2, 0.25) is 0 Å². The van der Waals surface area contributed by atoms with E-state index >= 15 is 0 Å². The highest BCUT2D eigenvalue weighted by Crippen LogP contribution is 2.34. The zero-order chi connectivity index (χ0) is 20.1. The summed E-state index contributed by atoms with van der Waals surface area (Å²) >= 11 is 0. The van der Waals surface area contributed by atoms with Crippen molar-refractivity contribution in [1.29, 1.82) is 0 Å². The van der Waals surface area contributed by atoms with Crippen molar-refractivity contribution in [3.63, 3.8) is 0 Å². The van der Waals surface area contributed by atoms with Crippen molar-refractivity contribution < 1.29 is 33.6 Å². The third kappa shape index (κ3) is 4.53. The molecule has 2 aromatic carbocycles. The highest BCUT2D eigenvalue weighted by molar-refractivity contribution is 5.96. The molecule has 1 aliphatic rings. The van der Waals surface area contributed by atoms with E-state index in [1.807, 2.05) is 0 Å². The average Bonchev–Trinajstić information content (AvgIpc) is 3.15. The van der Waals surface area contributed by atoms with E-state index in [0.717, 1.165) is 0 Å². The van der Waals surface area contributed by atoms with Crippen molar-refractivity contribution in [3.8, 4) is 23.0 Å². The van der Waals surface area contributed by atoms with Gasteiger partial charge in [-0.1, -0.05) is 6.07 Å². The molecule has 0 aromatic heterocycles. The summed E-state index contributed by atoms with van der Waals surface area (Å²) in [4.78, 5) is 24.2. The number of esters is 1. The van der Waals surface area contributed by atoms with Gasteiger partial charge in [0.15, 0.2) is 29.1 Å². The molecule has 0 fully saturated rings. The van der Waals surface area contributed by atoms with Crippen molar-refractivity contribution in [1.82, 2.24) is 0 Å². The summed E-state index contributed by atoms with van der Waals surface area (Å²) in [6.07, 6.45) is 1.68. The van der Waals surface area contributed by atoms with Gasteiger partial charge in [-0.25, -0.2) is 4.79 Å². The maximum atomic E-state index is 12.2. The maximum absolute atomic E-state index is 12.2. The fraction of sp³-hybridized carbons (Fsp3) is 0.200. The second-order valence-corrected chi connectivity index (χ2v) is 5.90. The Kier molecular flexibility index (Phi) is 5.69. The van der Waals surface area contributed by atoms with Gasteiger partial charge in [-0.2, -0.15) is 0 Å². The van der Waals surface area contributed by atoms with Crippen LogP contribution in [0.3, 0.4) is 0 Å². The highest BCUT2D eigenvalue weighted by atomic mass is 16.7. The molecule has 146 valence electrons. The summed E-state index contributed by atoms with van der Waals surface area (Å²) in [6.45, 7) is 1.61. The smallest absolute Gasteiger partial charge is 0.331 e. The van der Waals surface area contributed by atoms with Crippen LogP contribution in [0.5, 0.6) is 23.0 Å². The van der Waals surface area contributed by atoms with Crippen LogP contribution in [0.4, 0.5) is 5.69 Å². The standard InChI is InChI=1S/C20H19NO7/c1-12(20(24)21-14-5-7-16-18(10-14)27-11-26-16)28-19(23)8-4-13-3-6-15(22)17(9-13)25-2/h3-10,12,22H,11H2,1-2H3,(H,21,24)/b8-4+/t12-/m1/s1. The number of carbonyl (C=O) groups excluding carboxylic acids is 2. The van der Waals surface area contributed by atoms with E-state index in [1.54, 1.807) is 30.3 Å². The normalized spacial score (nSPS) is 13.2. The van der Waals surface area contributed by atoms with Crippen LogP contribution in [0, 0.1) is 0 Å². The van der Waals surface area contributed by atoms with Gasteiger partial charge in [0.25, 0.3) is 5.91 Å². The molecule has 28 heavy (non-hydrogen) atoms. The van der Waals surface area contributed by atoms with Gasteiger partial charge in [-0.3, -0.25) is 4.79 Å². The lowest BCUT2D eigenvalue weighted by Gasteiger charge is -2.12. The topological polar surface area (TPSA) is 103 Å². The number of ether oxygens (including phenoxy) is 4. The number of aromatic hydroxyl groups is 1. The minimum absolute atomic E-state index is 0.00367. The highest BCUT2D eigenvalue weighted by Gasteiger charge is 2.19. The molecule has 1 atom stereocenters. The molecule has 1 aliphatic heterocycles. The van der Waals surface area contributed by atoms with E-state index in [1.165, 1.54) is 32.3 Å². The predicted octanol–water partition coefficient (Wildman–Crippen LogP) is 2.71. The fourth-order valence-electron chi connectivity index (χ4n) is 2.45. The van der Waals surface area contributed by atoms with Crippen LogP contribution in [0.15, 0.2) is 42.5 Å². The summed E-state index contributed by atoms with van der Waals surface area (Å²) in [5.41, 5.74) is 1.13. The lowest BCUT2D eigenvalue weighted by atomic mass is 10.2. The molecule has 0 unspecified atom stereocenters. The first-order chi connectivity index (χ1) is 13.5. The number of hydrogen-bond acceptors (Lipinski definition) is 7. The van der Waals surface area contributed by atoms with Crippen LogP contribution in [0.1, 0.15) is 12.5 Å². The monoisotopic (exact) mass is 385 g/mol. The van der Waals surface area contributed by atoms with Gasteiger partial charge in [0.2, 0.25) is 6.79 Å². The third-order valence-corrected chi connectivity index (χ3v) is 3.92. The van der Waals surface area contributed by atoms with Crippen LogP contribution in [0.25, 0.3) is 6.08 Å². The van der Waals surface area contributed by atoms with Gasteiger partial charge in [0.05, 0.1) is 7.11 Å². The number of phenols is 1. The Bertz CT molecular complexity index is 923. The molecule has 0 bridgehead atoms. The number of rotatable bonds is 6. The van der Waals surface area contributed by atoms with Crippen LogP contribution in [-0.4, -0.2) is 37.0 Å². The summed E-state index contributed by atoms with van der Waals surface area (Å²) in [6, 6.07) is 9.60. The number of carbonyl (C=O) groups is 2. The molecule has 8 heteroatoms.